The normalized spacial score (nSPS) is 24.9. The highest BCUT2D eigenvalue weighted by atomic mass is 16.2. The zero-order valence-corrected chi connectivity index (χ0v) is 10.6. The van der Waals surface area contributed by atoms with Crippen LogP contribution in [0.1, 0.15) is 58.3 Å². The molecule has 94 valence electrons. The fourth-order valence-electron chi connectivity index (χ4n) is 2.34. The fraction of sp³-hybridized carbons (Fsp3) is 0.857. The van der Waals surface area contributed by atoms with E-state index in [0.29, 0.717) is 18.7 Å². The molecule has 1 aliphatic heterocycles. The maximum atomic E-state index is 8.82. The first-order valence-electron chi connectivity index (χ1n) is 6.90. The van der Waals surface area contributed by atoms with E-state index >= 15 is 0 Å². The van der Waals surface area contributed by atoms with E-state index in [4.69, 9.17) is 5.11 Å². The first kappa shape index (κ1) is 13.7. The Morgan fingerprint density at radius 3 is 2.81 bits per heavy atom. The van der Waals surface area contributed by atoms with Gasteiger partial charge in [-0.3, -0.25) is 0 Å². The maximum Gasteiger partial charge on any atom is 0.0431 e. The number of unbranched alkanes of at least 4 members (excludes halogenated alkanes) is 3. The van der Waals surface area contributed by atoms with Crippen LogP contribution in [-0.4, -0.2) is 23.8 Å². The molecular weight excluding hydrogens is 198 g/mol. The third-order valence-corrected chi connectivity index (χ3v) is 3.32. The standard InChI is InChI=1S/C14H27NO/c1-2-3-4-5-8-13-9-6-10-14(15-13)11-7-12-16/h6,9,13-16H,2-5,7-8,10-12H2,1H3/t13-,14+/m0/s1. The Bertz CT molecular complexity index is 191. The lowest BCUT2D eigenvalue weighted by Gasteiger charge is -2.27. The van der Waals surface area contributed by atoms with Gasteiger partial charge in [0, 0.05) is 18.7 Å². The Balaban J connectivity index is 2.12. The Morgan fingerprint density at radius 1 is 1.19 bits per heavy atom. The smallest absolute Gasteiger partial charge is 0.0431 e. The highest BCUT2D eigenvalue weighted by Crippen LogP contribution is 2.14. The molecule has 0 aromatic heterocycles. The van der Waals surface area contributed by atoms with Gasteiger partial charge in [0.2, 0.25) is 0 Å². The van der Waals surface area contributed by atoms with Crippen molar-refractivity contribution in [3.8, 4) is 0 Å². The van der Waals surface area contributed by atoms with Crippen LogP contribution in [0.5, 0.6) is 0 Å². The van der Waals surface area contributed by atoms with Gasteiger partial charge in [-0.2, -0.15) is 0 Å². The zero-order valence-electron chi connectivity index (χ0n) is 10.6. The Labute approximate surface area is 100 Å². The van der Waals surface area contributed by atoms with Crippen LogP contribution in [0.15, 0.2) is 12.2 Å². The molecule has 0 aromatic rings. The molecule has 2 heteroatoms. The number of rotatable bonds is 8. The van der Waals surface area contributed by atoms with Crippen LogP contribution in [0.25, 0.3) is 0 Å². The molecule has 1 aliphatic rings. The largest absolute Gasteiger partial charge is 0.396 e. The molecule has 0 saturated heterocycles. The van der Waals surface area contributed by atoms with Crippen molar-refractivity contribution >= 4 is 0 Å². The fourth-order valence-corrected chi connectivity index (χ4v) is 2.34. The van der Waals surface area contributed by atoms with Gasteiger partial charge in [0.05, 0.1) is 0 Å². The molecule has 0 bridgehead atoms. The number of hydrogen-bond donors (Lipinski definition) is 2. The molecule has 0 unspecified atom stereocenters. The molecule has 1 heterocycles. The van der Waals surface area contributed by atoms with Gasteiger partial charge < -0.3 is 10.4 Å². The predicted octanol–water partition coefficient (Wildman–Crippen LogP) is 3.02. The quantitative estimate of drug-likeness (QED) is 0.491. The molecule has 2 N–H and O–H groups in total. The van der Waals surface area contributed by atoms with Crippen LogP contribution in [0.2, 0.25) is 0 Å². The van der Waals surface area contributed by atoms with Crippen LogP contribution in [0.4, 0.5) is 0 Å². The highest BCUT2D eigenvalue weighted by Gasteiger charge is 2.15. The molecule has 0 saturated carbocycles. The highest BCUT2D eigenvalue weighted by molar-refractivity contribution is 5.01. The van der Waals surface area contributed by atoms with Crippen molar-refractivity contribution in [2.24, 2.45) is 0 Å². The molecular formula is C14H27NO. The lowest BCUT2D eigenvalue weighted by atomic mass is 9.98. The molecule has 0 amide bonds. The molecule has 0 aromatic carbocycles. The van der Waals surface area contributed by atoms with E-state index in [9.17, 15) is 0 Å². The monoisotopic (exact) mass is 225 g/mol. The van der Waals surface area contributed by atoms with Crippen molar-refractivity contribution < 1.29 is 5.11 Å². The summed E-state index contributed by atoms with van der Waals surface area (Å²) in [6, 6.07) is 1.17. The molecule has 2 nitrogen and oxygen atoms in total. The molecule has 2 atom stereocenters. The van der Waals surface area contributed by atoms with Gasteiger partial charge in [0.15, 0.2) is 0 Å². The van der Waals surface area contributed by atoms with E-state index in [1.807, 2.05) is 0 Å². The van der Waals surface area contributed by atoms with E-state index in [1.165, 1.54) is 32.1 Å². The van der Waals surface area contributed by atoms with E-state index < -0.39 is 0 Å². The van der Waals surface area contributed by atoms with E-state index in [-0.39, 0.29) is 0 Å². The summed E-state index contributed by atoms with van der Waals surface area (Å²) >= 11 is 0. The summed E-state index contributed by atoms with van der Waals surface area (Å²) in [5.74, 6) is 0. The summed E-state index contributed by atoms with van der Waals surface area (Å²) in [5, 5.41) is 12.5. The average molecular weight is 225 g/mol. The minimum absolute atomic E-state index is 0.322. The second-order valence-electron chi connectivity index (χ2n) is 4.85. The van der Waals surface area contributed by atoms with Gasteiger partial charge in [-0.15, -0.1) is 0 Å². The SMILES string of the molecule is CCCCCC[C@H]1C=CC[C@H](CCCO)N1. The number of aliphatic hydroxyl groups excluding tert-OH is 1. The molecule has 0 radical (unpaired) electrons. The maximum absolute atomic E-state index is 8.82. The van der Waals surface area contributed by atoms with Gasteiger partial charge in [-0.25, -0.2) is 0 Å². The third kappa shape index (κ3) is 5.66. The predicted molar refractivity (Wildman–Crippen MR) is 69.5 cm³/mol. The summed E-state index contributed by atoms with van der Waals surface area (Å²) in [6.45, 7) is 2.58. The van der Waals surface area contributed by atoms with Crippen LogP contribution < -0.4 is 5.32 Å². The van der Waals surface area contributed by atoms with Gasteiger partial charge >= 0.3 is 0 Å². The minimum atomic E-state index is 0.322. The Kier molecular flexibility index (Phi) is 7.52. The van der Waals surface area contributed by atoms with Crippen LogP contribution >= 0.6 is 0 Å². The summed E-state index contributed by atoms with van der Waals surface area (Å²) in [4.78, 5) is 0. The molecule has 0 fully saturated rings. The first-order valence-corrected chi connectivity index (χ1v) is 6.90. The second kappa shape index (κ2) is 8.77. The van der Waals surface area contributed by atoms with Crippen molar-refractivity contribution in [2.75, 3.05) is 6.61 Å². The van der Waals surface area contributed by atoms with Crippen molar-refractivity contribution in [2.45, 2.75) is 70.4 Å². The van der Waals surface area contributed by atoms with Crippen LogP contribution in [-0.2, 0) is 0 Å². The second-order valence-corrected chi connectivity index (χ2v) is 4.85. The van der Waals surface area contributed by atoms with Gasteiger partial charge in [0.25, 0.3) is 0 Å². The topological polar surface area (TPSA) is 32.3 Å². The third-order valence-electron chi connectivity index (χ3n) is 3.32. The van der Waals surface area contributed by atoms with Crippen molar-refractivity contribution in [1.29, 1.82) is 0 Å². The van der Waals surface area contributed by atoms with E-state index in [1.54, 1.807) is 0 Å². The van der Waals surface area contributed by atoms with Crippen molar-refractivity contribution in [3.05, 3.63) is 12.2 Å². The van der Waals surface area contributed by atoms with Crippen molar-refractivity contribution in [3.63, 3.8) is 0 Å². The summed E-state index contributed by atoms with van der Waals surface area (Å²) in [7, 11) is 0. The van der Waals surface area contributed by atoms with Crippen LogP contribution in [0.3, 0.4) is 0 Å². The minimum Gasteiger partial charge on any atom is -0.396 e. The lowest BCUT2D eigenvalue weighted by molar-refractivity contribution is 0.270. The first-order chi connectivity index (χ1) is 7.86. The number of aliphatic hydroxyl groups is 1. The van der Waals surface area contributed by atoms with E-state index in [0.717, 1.165) is 19.3 Å². The van der Waals surface area contributed by atoms with Gasteiger partial charge in [0.1, 0.15) is 0 Å². The summed E-state index contributed by atoms with van der Waals surface area (Å²) in [6.07, 6.45) is 14.4. The molecule has 1 rings (SSSR count). The number of nitrogens with one attached hydrogen (secondary N) is 1. The summed E-state index contributed by atoms with van der Waals surface area (Å²) < 4.78 is 0. The van der Waals surface area contributed by atoms with E-state index in [2.05, 4.69) is 24.4 Å². The van der Waals surface area contributed by atoms with Crippen molar-refractivity contribution in [1.82, 2.24) is 5.32 Å². The summed E-state index contributed by atoms with van der Waals surface area (Å²) in [5.41, 5.74) is 0. The lowest BCUT2D eigenvalue weighted by Crippen LogP contribution is -2.39. The van der Waals surface area contributed by atoms with Crippen LogP contribution in [0, 0.1) is 0 Å². The molecule has 0 aliphatic carbocycles. The average Bonchev–Trinajstić information content (AvgIpc) is 2.33. The Hall–Kier alpha value is -0.340. The van der Waals surface area contributed by atoms with Gasteiger partial charge in [-0.05, 0) is 25.7 Å². The molecule has 16 heavy (non-hydrogen) atoms. The Morgan fingerprint density at radius 2 is 2.06 bits per heavy atom. The number of hydrogen-bond acceptors (Lipinski definition) is 2. The van der Waals surface area contributed by atoms with Gasteiger partial charge in [-0.1, -0.05) is 44.8 Å². The zero-order chi connectivity index (χ0) is 11.6. The molecule has 0 spiro atoms.